The molecule has 6 nitrogen and oxygen atoms in total. The summed E-state index contributed by atoms with van der Waals surface area (Å²) in [5, 5.41) is 3.42. The molecule has 3 rings (SSSR count). The number of aryl methyl sites for hydroxylation is 3. The van der Waals surface area contributed by atoms with Crippen molar-refractivity contribution >= 4 is 27.3 Å². The van der Waals surface area contributed by atoms with Gasteiger partial charge in [0.05, 0.1) is 11.5 Å². The second-order valence-electron chi connectivity index (χ2n) is 7.14. The van der Waals surface area contributed by atoms with E-state index in [0.29, 0.717) is 12.4 Å². The molecule has 1 unspecified atom stereocenters. The van der Waals surface area contributed by atoms with Crippen LogP contribution >= 0.6 is 0 Å². The van der Waals surface area contributed by atoms with E-state index < -0.39 is 9.84 Å². The number of para-hydroxylation sites is 1. The number of nitrogens with zero attached hydrogens (tertiary/aromatic N) is 3. The Morgan fingerprint density at radius 3 is 2.41 bits per heavy atom. The lowest BCUT2D eigenvalue weighted by atomic mass is 10.0. The number of hydrogen-bond acceptors (Lipinski definition) is 6. The summed E-state index contributed by atoms with van der Waals surface area (Å²) in [6.45, 7) is 6.20. The first-order valence-electron chi connectivity index (χ1n) is 9.49. The van der Waals surface area contributed by atoms with E-state index in [2.05, 4.69) is 47.3 Å². The smallest absolute Gasteiger partial charge is 0.229 e. The number of anilines is 3. The normalized spacial score (nSPS) is 18.4. The predicted octanol–water partition coefficient (Wildman–Crippen LogP) is 3.28. The van der Waals surface area contributed by atoms with Crippen molar-refractivity contribution in [1.82, 2.24) is 9.97 Å². The summed E-state index contributed by atoms with van der Waals surface area (Å²) in [6.07, 6.45) is 2.49. The van der Waals surface area contributed by atoms with Crippen LogP contribution in [-0.2, 0) is 22.7 Å². The van der Waals surface area contributed by atoms with E-state index >= 15 is 0 Å². The SMILES string of the molecule is CCc1cccc(CC)c1Nc1nc(C)cc(N(C)C2CCS(=O)(=O)C2)n1. The molecule has 1 aromatic heterocycles. The van der Waals surface area contributed by atoms with Gasteiger partial charge < -0.3 is 10.2 Å². The molecular weight excluding hydrogens is 360 g/mol. The maximum atomic E-state index is 11.8. The van der Waals surface area contributed by atoms with Crippen molar-refractivity contribution in [2.75, 3.05) is 28.8 Å². The molecule has 1 aliphatic rings. The highest BCUT2D eigenvalue weighted by molar-refractivity contribution is 7.91. The van der Waals surface area contributed by atoms with Gasteiger partial charge in [-0.1, -0.05) is 32.0 Å². The minimum Gasteiger partial charge on any atom is -0.355 e. The standard InChI is InChI=1S/C20H28N4O2S/c1-5-15-8-7-9-16(6-2)19(15)23-20-21-14(3)12-18(22-20)24(4)17-10-11-27(25,26)13-17/h7-9,12,17H,5-6,10-11,13H2,1-4H3,(H,21,22,23). The monoisotopic (exact) mass is 388 g/mol. The van der Waals surface area contributed by atoms with Crippen LogP contribution in [0.2, 0.25) is 0 Å². The minimum absolute atomic E-state index is 0.0359. The van der Waals surface area contributed by atoms with Gasteiger partial charge in [-0.3, -0.25) is 0 Å². The molecule has 1 aromatic carbocycles. The molecule has 2 aromatic rings. The average Bonchev–Trinajstić information content (AvgIpc) is 3.00. The van der Waals surface area contributed by atoms with Gasteiger partial charge in [-0.25, -0.2) is 13.4 Å². The van der Waals surface area contributed by atoms with Crippen LogP contribution < -0.4 is 10.2 Å². The zero-order valence-electron chi connectivity index (χ0n) is 16.5. The van der Waals surface area contributed by atoms with Gasteiger partial charge in [-0.15, -0.1) is 0 Å². The van der Waals surface area contributed by atoms with Crippen molar-refractivity contribution in [2.24, 2.45) is 0 Å². The first kappa shape index (κ1) is 19.6. The molecule has 0 amide bonds. The molecule has 0 aliphatic carbocycles. The highest BCUT2D eigenvalue weighted by atomic mass is 32.2. The van der Waals surface area contributed by atoms with E-state index in [0.717, 1.165) is 30.0 Å². The second-order valence-corrected chi connectivity index (χ2v) is 9.37. The maximum Gasteiger partial charge on any atom is 0.229 e. The Morgan fingerprint density at radius 2 is 1.85 bits per heavy atom. The van der Waals surface area contributed by atoms with Crippen LogP contribution in [0.25, 0.3) is 0 Å². The van der Waals surface area contributed by atoms with Crippen LogP contribution in [0.5, 0.6) is 0 Å². The molecule has 27 heavy (non-hydrogen) atoms. The van der Waals surface area contributed by atoms with Gasteiger partial charge in [0.25, 0.3) is 0 Å². The molecule has 146 valence electrons. The van der Waals surface area contributed by atoms with Gasteiger partial charge >= 0.3 is 0 Å². The Kier molecular flexibility index (Phi) is 5.69. The largest absolute Gasteiger partial charge is 0.355 e. The van der Waals surface area contributed by atoms with Crippen LogP contribution in [0.1, 0.15) is 37.1 Å². The fourth-order valence-electron chi connectivity index (χ4n) is 3.57. The molecule has 1 fully saturated rings. The van der Waals surface area contributed by atoms with Crippen molar-refractivity contribution in [3.8, 4) is 0 Å². The quantitative estimate of drug-likeness (QED) is 0.818. The van der Waals surface area contributed by atoms with Crippen molar-refractivity contribution in [2.45, 2.75) is 46.1 Å². The van der Waals surface area contributed by atoms with E-state index in [1.54, 1.807) is 0 Å². The molecule has 0 spiro atoms. The molecule has 0 bridgehead atoms. The molecule has 7 heteroatoms. The molecule has 0 saturated carbocycles. The summed E-state index contributed by atoms with van der Waals surface area (Å²) in [5.41, 5.74) is 4.39. The third-order valence-corrected chi connectivity index (χ3v) is 6.94. The first-order valence-corrected chi connectivity index (χ1v) is 11.3. The van der Waals surface area contributed by atoms with Crippen LogP contribution in [-0.4, -0.2) is 43.0 Å². The molecule has 2 heterocycles. The number of nitrogens with one attached hydrogen (secondary N) is 1. The number of benzene rings is 1. The van der Waals surface area contributed by atoms with Crippen LogP contribution in [0.15, 0.2) is 24.3 Å². The first-order chi connectivity index (χ1) is 12.8. The van der Waals surface area contributed by atoms with Gasteiger partial charge in [-0.05, 0) is 37.3 Å². The van der Waals surface area contributed by atoms with Crippen molar-refractivity contribution in [3.05, 3.63) is 41.1 Å². The summed E-state index contributed by atoms with van der Waals surface area (Å²) in [4.78, 5) is 11.2. The zero-order chi connectivity index (χ0) is 19.6. The topological polar surface area (TPSA) is 75.2 Å². The van der Waals surface area contributed by atoms with E-state index in [-0.39, 0.29) is 17.5 Å². The van der Waals surface area contributed by atoms with E-state index in [9.17, 15) is 8.42 Å². The molecular formula is C20H28N4O2S. The lowest BCUT2D eigenvalue weighted by Gasteiger charge is -2.25. The zero-order valence-corrected chi connectivity index (χ0v) is 17.3. The second kappa shape index (κ2) is 7.84. The summed E-state index contributed by atoms with van der Waals surface area (Å²) < 4.78 is 23.6. The number of hydrogen-bond donors (Lipinski definition) is 1. The third kappa shape index (κ3) is 4.40. The predicted molar refractivity (Wildman–Crippen MR) is 111 cm³/mol. The fourth-order valence-corrected chi connectivity index (χ4v) is 5.35. The lowest BCUT2D eigenvalue weighted by Crippen LogP contribution is -2.33. The summed E-state index contributed by atoms with van der Waals surface area (Å²) >= 11 is 0. The highest BCUT2D eigenvalue weighted by Gasteiger charge is 2.31. The minimum atomic E-state index is -2.94. The number of sulfone groups is 1. The van der Waals surface area contributed by atoms with Gasteiger partial charge in [0.15, 0.2) is 9.84 Å². The Morgan fingerprint density at radius 1 is 1.19 bits per heavy atom. The number of rotatable bonds is 6. The van der Waals surface area contributed by atoms with Crippen molar-refractivity contribution in [1.29, 1.82) is 0 Å². The summed E-state index contributed by atoms with van der Waals surface area (Å²) in [7, 11) is -1.02. The van der Waals surface area contributed by atoms with E-state index in [1.165, 1.54) is 11.1 Å². The van der Waals surface area contributed by atoms with Gasteiger partial charge in [0, 0.05) is 30.5 Å². The maximum absolute atomic E-state index is 11.8. The van der Waals surface area contributed by atoms with Crippen molar-refractivity contribution in [3.63, 3.8) is 0 Å². The van der Waals surface area contributed by atoms with Crippen molar-refractivity contribution < 1.29 is 8.42 Å². The lowest BCUT2D eigenvalue weighted by molar-refractivity contribution is 0.600. The van der Waals surface area contributed by atoms with Gasteiger partial charge in [0.2, 0.25) is 5.95 Å². The van der Waals surface area contributed by atoms with Gasteiger partial charge in [0.1, 0.15) is 5.82 Å². The fraction of sp³-hybridized carbons (Fsp3) is 0.500. The van der Waals surface area contributed by atoms with Crippen LogP contribution in [0.4, 0.5) is 17.5 Å². The average molecular weight is 389 g/mol. The Hall–Kier alpha value is -2.15. The molecule has 0 radical (unpaired) electrons. The summed E-state index contributed by atoms with van der Waals surface area (Å²) in [6, 6.07) is 8.19. The van der Waals surface area contributed by atoms with E-state index in [1.807, 2.05) is 24.9 Å². The highest BCUT2D eigenvalue weighted by Crippen LogP contribution is 2.27. The molecule has 1 saturated heterocycles. The Labute approximate surface area is 162 Å². The molecule has 1 aliphatic heterocycles. The van der Waals surface area contributed by atoms with E-state index in [4.69, 9.17) is 0 Å². The van der Waals surface area contributed by atoms with Crippen LogP contribution in [0, 0.1) is 6.92 Å². The van der Waals surface area contributed by atoms with Crippen LogP contribution in [0.3, 0.4) is 0 Å². The molecule has 1 N–H and O–H groups in total. The Bertz CT molecular complexity index is 905. The third-order valence-electron chi connectivity index (χ3n) is 5.19. The van der Waals surface area contributed by atoms with Gasteiger partial charge in [-0.2, -0.15) is 4.98 Å². The number of aromatic nitrogens is 2. The Balaban J connectivity index is 1.91. The molecule has 1 atom stereocenters. The summed E-state index contributed by atoms with van der Waals surface area (Å²) in [5.74, 6) is 1.74.